The van der Waals surface area contributed by atoms with E-state index in [-0.39, 0.29) is 18.1 Å². The zero-order valence-corrected chi connectivity index (χ0v) is 26.5. The fraction of sp³-hybridized carbons (Fsp3) is 0.267. The highest BCUT2D eigenvalue weighted by atomic mass is 79.9. The van der Waals surface area contributed by atoms with Gasteiger partial charge in [0.05, 0.1) is 35.3 Å². The highest BCUT2D eigenvalue weighted by Gasteiger charge is 2.20. The van der Waals surface area contributed by atoms with Crippen molar-refractivity contribution in [3.05, 3.63) is 78.5 Å². The number of hydrogen-bond donors (Lipinski definition) is 1. The molecular formula is C30H30Br2N4O5. The topological polar surface area (TPSA) is 118 Å². The van der Waals surface area contributed by atoms with E-state index in [1.54, 1.807) is 31.5 Å². The number of ether oxygens (including phenoxy) is 3. The van der Waals surface area contributed by atoms with Gasteiger partial charge in [0.25, 0.3) is 11.5 Å². The minimum absolute atomic E-state index is 0.175. The molecule has 0 saturated heterocycles. The summed E-state index contributed by atoms with van der Waals surface area (Å²) in [6.45, 7) is 7.97. The summed E-state index contributed by atoms with van der Waals surface area (Å²) in [7, 11) is 1.64. The number of carbonyl (C=O) groups excluding carboxylic acids is 1. The van der Waals surface area contributed by atoms with Gasteiger partial charge in [-0.15, -0.1) is 0 Å². The second-order valence-electron chi connectivity index (χ2n) is 9.49. The number of primary amides is 1. The minimum atomic E-state index is -0.619. The van der Waals surface area contributed by atoms with Crippen LogP contribution in [0.2, 0.25) is 0 Å². The molecule has 0 aliphatic heterocycles. The summed E-state index contributed by atoms with van der Waals surface area (Å²) in [5, 5.41) is 5.07. The van der Waals surface area contributed by atoms with Gasteiger partial charge in [-0.25, -0.2) is 4.98 Å². The summed E-state index contributed by atoms with van der Waals surface area (Å²) in [5.41, 5.74) is 8.75. The molecular weight excluding hydrogens is 656 g/mol. The van der Waals surface area contributed by atoms with Gasteiger partial charge >= 0.3 is 0 Å². The van der Waals surface area contributed by atoms with Gasteiger partial charge in [-0.1, -0.05) is 26.0 Å². The largest absolute Gasteiger partial charge is 0.496 e. The van der Waals surface area contributed by atoms with Crippen molar-refractivity contribution in [2.75, 3.05) is 20.3 Å². The number of hydrogen-bond acceptors (Lipinski definition) is 7. The van der Waals surface area contributed by atoms with Gasteiger partial charge in [-0.3, -0.25) is 9.59 Å². The molecule has 0 unspecified atom stereocenters. The van der Waals surface area contributed by atoms with Crippen LogP contribution in [0.5, 0.6) is 17.2 Å². The van der Waals surface area contributed by atoms with E-state index >= 15 is 0 Å². The van der Waals surface area contributed by atoms with Crippen molar-refractivity contribution >= 4 is 54.9 Å². The van der Waals surface area contributed by atoms with E-state index in [9.17, 15) is 9.59 Å². The summed E-state index contributed by atoms with van der Waals surface area (Å²) in [5.74, 6) is 1.42. The molecule has 2 N–H and O–H groups in total. The van der Waals surface area contributed by atoms with Gasteiger partial charge in [-0.2, -0.15) is 9.78 Å². The molecule has 11 heteroatoms. The number of carbonyl (C=O) groups is 1. The van der Waals surface area contributed by atoms with Gasteiger partial charge in [0.15, 0.2) is 23.9 Å². The lowest BCUT2D eigenvalue weighted by Crippen LogP contribution is -2.21. The van der Waals surface area contributed by atoms with Gasteiger partial charge in [-0.05, 0) is 93.1 Å². The van der Waals surface area contributed by atoms with E-state index in [0.29, 0.717) is 49.3 Å². The standard InChI is InChI=1S/C30H30Br2N4O5/c1-6-40-24-12-18(26(31)27(32)28(24)41-15-25(33)37)14-34-36-29(35-22-10-8-7-9-19(22)30(36)38)21-13-20(16(2)3)23(39-5)11-17(21)4/h7-14,16H,6,15H2,1-5H3,(H2,33,37). The molecule has 0 radical (unpaired) electrons. The molecule has 0 saturated carbocycles. The molecule has 9 nitrogen and oxygen atoms in total. The number of nitrogens with two attached hydrogens (primary N) is 1. The second-order valence-corrected chi connectivity index (χ2v) is 11.1. The number of benzene rings is 3. The molecule has 1 amide bonds. The van der Waals surface area contributed by atoms with E-state index in [0.717, 1.165) is 22.4 Å². The van der Waals surface area contributed by atoms with Crippen LogP contribution in [-0.2, 0) is 4.79 Å². The van der Waals surface area contributed by atoms with E-state index in [1.807, 2.05) is 38.1 Å². The van der Waals surface area contributed by atoms with Crippen molar-refractivity contribution in [1.29, 1.82) is 0 Å². The molecule has 0 bridgehead atoms. The fourth-order valence-electron chi connectivity index (χ4n) is 4.33. The van der Waals surface area contributed by atoms with Crippen LogP contribution in [0.15, 0.2) is 61.3 Å². The molecule has 4 aromatic rings. The SMILES string of the molecule is CCOc1cc(C=Nn2c(-c3cc(C(C)C)c(OC)cc3C)nc3ccccc3c2=O)c(Br)c(Br)c1OCC(N)=O. The van der Waals surface area contributed by atoms with Crippen LogP contribution in [0.3, 0.4) is 0 Å². The van der Waals surface area contributed by atoms with Crippen molar-refractivity contribution in [2.45, 2.75) is 33.6 Å². The summed E-state index contributed by atoms with van der Waals surface area (Å²) < 4.78 is 19.4. The van der Waals surface area contributed by atoms with E-state index in [4.69, 9.17) is 24.9 Å². The predicted molar refractivity (Wildman–Crippen MR) is 168 cm³/mol. The smallest absolute Gasteiger partial charge is 0.282 e. The summed E-state index contributed by atoms with van der Waals surface area (Å²) in [6, 6.07) is 12.8. The maximum atomic E-state index is 13.8. The Kier molecular flexibility index (Phi) is 9.49. The van der Waals surface area contributed by atoms with Gasteiger partial charge in [0.1, 0.15) is 5.75 Å². The van der Waals surface area contributed by atoms with Crippen LogP contribution in [0.1, 0.15) is 43.4 Å². The lowest BCUT2D eigenvalue weighted by Gasteiger charge is -2.18. The number of methoxy groups -OCH3 is 1. The number of rotatable bonds is 10. The molecule has 41 heavy (non-hydrogen) atoms. The third kappa shape index (κ3) is 6.31. The van der Waals surface area contributed by atoms with Crippen molar-refractivity contribution in [3.63, 3.8) is 0 Å². The fourth-order valence-corrected chi connectivity index (χ4v) is 5.27. The zero-order chi connectivity index (χ0) is 29.8. The Bertz CT molecular complexity index is 1720. The first-order valence-electron chi connectivity index (χ1n) is 12.9. The number of amides is 1. The Morgan fingerprint density at radius 3 is 2.51 bits per heavy atom. The molecule has 1 heterocycles. The zero-order valence-electron chi connectivity index (χ0n) is 23.3. The molecule has 0 fully saturated rings. The van der Waals surface area contributed by atoms with Crippen LogP contribution in [-0.4, -0.2) is 42.1 Å². The van der Waals surface area contributed by atoms with Crippen molar-refractivity contribution in [1.82, 2.24) is 9.66 Å². The normalized spacial score (nSPS) is 11.4. The molecule has 0 atom stereocenters. The van der Waals surface area contributed by atoms with E-state index in [2.05, 4.69) is 50.8 Å². The number of aryl methyl sites for hydroxylation is 1. The van der Waals surface area contributed by atoms with Gasteiger partial charge in [0.2, 0.25) is 0 Å². The lowest BCUT2D eigenvalue weighted by atomic mass is 9.96. The molecule has 3 aromatic carbocycles. The number of para-hydroxylation sites is 1. The summed E-state index contributed by atoms with van der Waals surface area (Å²) in [6.07, 6.45) is 1.54. The van der Waals surface area contributed by atoms with Gasteiger partial charge < -0.3 is 19.9 Å². The van der Waals surface area contributed by atoms with Crippen molar-refractivity contribution in [2.24, 2.45) is 10.8 Å². The van der Waals surface area contributed by atoms with Crippen LogP contribution in [0, 0.1) is 6.92 Å². The minimum Gasteiger partial charge on any atom is -0.496 e. The highest BCUT2D eigenvalue weighted by Crippen LogP contribution is 2.42. The third-order valence-corrected chi connectivity index (χ3v) is 8.46. The van der Waals surface area contributed by atoms with Crippen molar-refractivity contribution < 1.29 is 19.0 Å². The molecule has 0 aliphatic rings. The Labute approximate surface area is 254 Å². The average molecular weight is 686 g/mol. The number of halogens is 2. The van der Waals surface area contributed by atoms with Gasteiger partial charge in [0, 0.05) is 15.6 Å². The Morgan fingerprint density at radius 1 is 1.12 bits per heavy atom. The van der Waals surface area contributed by atoms with E-state index < -0.39 is 5.91 Å². The average Bonchev–Trinajstić information content (AvgIpc) is 2.94. The lowest BCUT2D eigenvalue weighted by molar-refractivity contribution is -0.119. The third-order valence-electron chi connectivity index (χ3n) is 6.32. The first-order chi connectivity index (χ1) is 19.6. The van der Waals surface area contributed by atoms with E-state index in [1.165, 1.54) is 4.68 Å². The first kappa shape index (κ1) is 30.3. The quantitative estimate of drug-likeness (QED) is 0.200. The number of nitrogens with zero attached hydrogens (tertiary/aromatic N) is 3. The highest BCUT2D eigenvalue weighted by molar-refractivity contribution is 9.13. The predicted octanol–water partition coefficient (Wildman–Crippen LogP) is 6.17. The number of fused-ring (bicyclic) bond motifs is 1. The maximum absolute atomic E-state index is 13.8. The van der Waals surface area contributed by atoms with Crippen molar-refractivity contribution in [3.8, 4) is 28.6 Å². The Hall–Kier alpha value is -3.70. The summed E-state index contributed by atoms with van der Waals surface area (Å²) in [4.78, 5) is 30.0. The molecule has 4 rings (SSSR count). The maximum Gasteiger partial charge on any atom is 0.282 e. The molecule has 214 valence electrons. The Balaban J connectivity index is 1.94. The number of aromatic nitrogens is 2. The Morgan fingerprint density at radius 2 is 1.85 bits per heavy atom. The first-order valence-corrected chi connectivity index (χ1v) is 14.5. The molecule has 1 aromatic heterocycles. The second kappa shape index (κ2) is 12.9. The molecule has 0 aliphatic carbocycles. The van der Waals surface area contributed by atoms with Crippen LogP contribution in [0.25, 0.3) is 22.3 Å². The summed E-state index contributed by atoms with van der Waals surface area (Å²) >= 11 is 7.08. The monoisotopic (exact) mass is 684 g/mol. The van der Waals surface area contributed by atoms with Crippen LogP contribution in [0.4, 0.5) is 0 Å². The molecule has 0 spiro atoms. The van der Waals surface area contributed by atoms with Crippen LogP contribution >= 0.6 is 31.9 Å². The van der Waals surface area contributed by atoms with Crippen LogP contribution < -0.4 is 25.5 Å².